The maximum absolute atomic E-state index is 15.4. The van der Waals surface area contributed by atoms with Crippen molar-refractivity contribution in [2.45, 2.75) is 33.2 Å². The highest BCUT2D eigenvalue weighted by Crippen LogP contribution is 2.39. The van der Waals surface area contributed by atoms with Crippen LogP contribution >= 0.6 is 11.6 Å². The number of rotatable bonds is 3. The van der Waals surface area contributed by atoms with Crippen LogP contribution in [0.4, 0.5) is 4.39 Å². The topological polar surface area (TPSA) is 61.9 Å². The number of benzene rings is 2. The molecule has 2 aromatic carbocycles. The number of aryl methyl sites for hydroxylation is 2. The Bertz CT molecular complexity index is 1330. The Morgan fingerprint density at radius 3 is 2.79 bits per heavy atom. The van der Waals surface area contributed by atoms with Crippen molar-refractivity contribution in [1.82, 2.24) is 19.9 Å². The highest BCUT2D eigenvalue weighted by molar-refractivity contribution is 6.32. The number of nitrogens with zero attached hydrogens (tertiary/aromatic N) is 3. The lowest BCUT2D eigenvalue weighted by Crippen LogP contribution is -2.33. The number of nitrogens with one attached hydrogen (secondary N) is 1. The smallest absolute Gasteiger partial charge is 0.258 e. The van der Waals surface area contributed by atoms with E-state index in [-0.39, 0.29) is 23.4 Å². The molecule has 1 fully saturated rings. The van der Waals surface area contributed by atoms with Gasteiger partial charge in [-0.1, -0.05) is 36.7 Å². The first kappa shape index (κ1) is 21.6. The minimum absolute atomic E-state index is 0.0806. The molecule has 1 N–H and O–H groups in total. The van der Waals surface area contributed by atoms with E-state index in [1.807, 2.05) is 25.1 Å². The molecule has 5 rings (SSSR count). The van der Waals surface area contributed by atoms with Crippen LogP contribution < -0.4 is 0 Å². The first-order valence-corrected chi connectivity index (χ1v) is 11.4. The molecule has 1 aliphatic heterocycles. The molecule has 0 radical (unpaired) electrons. The van der Waals surface area contributed by atoms with Gasteiger partial charge >= 0.3 is 0 Å². The highest BCUT2D eigenvalue weighted by atomic mass is 35.5. The fourth-order valence-corrected chi connectivity index (χ4v) is 4.84. The van der Waals surface area contributed by atoms with Crippen LogP contribution in [0.3, 0.4) is 0 Å². The summed E-state index contributed by atoms with van der Waals surface area (Å²) < 4.78 is 15.4. The van der Waals surface area contributed by atoms with E-state index >= 15 is 4.39 Å². The van der Waals surface area contributed by atoms with Gasteiger partial charge in [-0.3, -0.25) is 9.78 Å². The van der Waals surface area contributed by atoms with Crippen LogP contribution in [0.25, 0.3) is 22.2 Å². The molecule has 0 aliphatic carbocycles. The lowest BCUT2D eigenvalue weighted by Gasteiger charge is -2.27. The number of likely N-dealkylation sites (tertiary alicyclic amines) is 1. The molecule has 0 unspecified atom stereocenters. The van der Waals surface area contributed by atoms with Crippen molar-refractivity contribution < 1.29 is 9.18 Å². The molecular formula is C26H24ClFN4O. The Morgan fingerprint density at radius 1 is 1.21 bits per heavy atom. The third kappa shape index (κ3) is 3.68. The highest BCUT2D eigenvalue weighted by Gasteiger charge is 2.39. The predicted octanol–water partition coefficient (Wildman–Crippen LogP) is 6.26. The van der Waals surface area contributed by atoms with Gasteiger partial charge in [0.25, 0.3) is 5.91 Å². The zero-order valence-electron chi connectivity index (χ0n) is 18.7. The van der Waals surface area contributed by atoms with Gasteiger partial charge < -0.3 is 9.88 Å². The van der Waals surface area contributed by atoms with Gasteiger partial charge in [0.2, 0.25) is 0 Å². The van der Waals surface area contributed by atoms with Crippen LogP contribution in [-0.4, -0.2) is 32.3 Å². The first-order valence-electron chi connectivity index (χ1n) is 11.0. The van der Waals surface area contributed by atoms with Crippen LogP contribution in [0.2, 0.25) is 5.02 Å². The van der Waals surface area contributed by atoms with Crippen molar-refractivity contribution in [1.29, 1.82) is 0 Å². The van der Waals surface area contributed by atoms with Crippen molar-refractivity contribution in [2.24, 2.45) is 5.92 Å². The number of hydrogen-bond donors (Lipinski definition) is 1. The van der Waals surface area contributed by atoms with Gasteiger partial charge in [0, 0.05) is 29.5 Å². The third-order valence-corrected chi connectivity index (χ3v) is 6.95. The number of aromatic nitrogens is 3. The van der Waals surface area contributed by atoms with Crippen molar-refractivity contribution in [2.75, 3.05) is 6.54 Å². The number of carbonyl (C=O) groups is 1. The molecule has 5 nitrogen and oxygen atoms in total. The number of H-pyrrole nitrogens is 1. The number of amides is 1. The Balaban J connectivity index is 1.60. The summed E-state index contributed by atoms with van der Waals surface area (Å²) in [5, 5.41) is 0.649. The number of imidazole rings is 1. The Labute approximate surface area is 196 Å². The standard InChI is InChI=1S/C26H24ClFN4O/c1-14-6-7-18(17-5-4-9-29-13-17)22(23(14)28)26(33)32-10-8-15(2)24(32)25-30-20-11-16(3)19(27)12-21(20)31-25/h4-7,9,11-13,15,24H,8,10H2,1-3H3,(H,30,31)/t15-,24-/m0/s1. The molecule has 3 heterocycles. The monoisotopic (exact) mass is 462 g/mol. The Kier molecular flexibility index (Phi) is 5.41. The molecule has 0 saturated carbocycles. The zero-order chi connectivity index (χ0) is 23.3. The summed E-state index contributed by atoms with van der Waals surface area (Å²) in [6, 6.07) is 10.6. The molecule has 1 aliphatic rings. The molecule has 2 atom stereocenters. The van der Waals surface area contributed by atoms with E-state index in [4.69, 9.17) is 16.6 Å². The predicted molar refractivity (Wildman–Crippen MR) is 128 cm³/mol. The number of aromatic amines is 1. The van der Waals surface area contributed by atoms with Crippen LogP contribution in [0.15, 0.2) is 48.8 Å². The van der Waals surface area contributed by atoms with E-state index in [1.54, 1.807) is 42.4 Å². The fourth-order valence-electron chi connectivity index (χ4n) is 4.69. The SMILES string of the molecule is Cc1cc2[nH]c([C@@H]3[C@@H](C)CCN3C(=O)c3c(-c4cccnc4)ccc(C)c3F)nc2cc1Cl. The van der Waals surface area contributed by atoms with Gasteiger partial charge in [0.15, 0.2) is 0 Å². The maximum atomic E-state index is 15.4. The van der Waals surface area contributed by atoms with E-state index < -0.39 is 5.82 Å². The van der Waals surface area contributed by atoms with Gasteiger partial charge in [0.1, 0.15) is 11.6 Å². The lowest BCUT2D eigenvalue weighted by atomic mass is 9.96. The van der Waals surface area contributed by atoms with E-state index in [9.17, 15) is 4.79 Å². The average Bonchev–Trinajstić information content (AvgIpc) is 3.38. The largest absolute Gasteiger partial charge is 0.340 e. The first-order chi connectivity index (χ1) is 15.8. The number of pyridine rings is 1. The van der Waals surface area contributed by atoms with Crippen LogP contribution in [0.5, 0.6) is 0 Å². The molecule has 0 spiro atoms. The molecule has 33 heavy (non-hydrogen) atoms. The molecule has 1 saturated heterocycles. The second kappa shape index (κ2) is 8.27. The summed E-state index contributed by atoms with van der Waals surface area (Å²) in [7, 11) is 0. The van der Waals surface area contributed by atoms with Gasteiger partial charge in [-0.05, 0) is 61.1 Å². The summed E-state index contributed by atoms with van der Waals surface area (Å²) in [4.78, 5) is 27.9. The summed E-state index contributed by atoms with van der Waals surface area (Å²) >= 11 is 6.29. The van der Waals surface area contributed by atoms with Crippen molar-refractivity contribution in [3.05, 3.63) is 82.1 Å². The fraction of sp³-hybridized carbons (Fsp3) is 0.269. The summed E-state index contributed by atoms with van der Waals surface area (Å²) in [5.41, 5.74) is 4.34. The van der Waals surface area contributed by atoms with Crippen molar-refractivity contribution >= 4 is 28.5 Å². The zero-order valence-corrected chi connectivity index (χ0v) is 19.4. The van der Waals surface area contributed by atoms with Crippen LogP contribution in [0, 0.1) is 25.6 Å². The molecule has 2 aromatic heterocycles. The summed E-state index contributed by atoms with van der Waals surface area (Å²) in [6.07, 6.45) is 4.11. The number of halogens is 2. The van der Waals surface area contributed by atoms with E-state index in [0.29, 0.717) is 34.1 Å². The summed E-state index contributed by atoms with van der Waals surface area (Å²) in [6.45, 7) is 6.24. The molecule has 7 heteroatoms. The third-order valence-electron chi connectivity index (χ3n) is 6.54. The second-order valence-electron chi connectivity index (χ2n) is 8.81. The number of hydrogen-bond acceptors (Lipinski definition) is 3. The van der Waals surface area contributed by atoms with Gasteiger partial charge in [-0.2, -0.15) is 0 Å². The molecule has 168 valence electrons. The molecule has 1 amide bonds. The van der Waals surface area contributed by atoms with Gasteiger partial charge in [-0.15, -0.1) is 0 Å². The van der Waals surface area contributed by atoms with Gasteiger partial charge in [0.05, 0.1) is 22.6 Å². The summed E-state index contributed by atoms with van der Waals surface area (Å²) in [5.74, 6) is 0.0348. The van der Waals surface area contributed by atoms with Crippen molar-refractivity contribution in [3.63, 3.8) is 0 Å². The maximum Gasteiger partial charge on any atom is 0.258 e. The minimum atomic E-state index is -0.494. The molecule has 0 bridgehead atoms. The molecular weight excluding hydrogens is 439 g/mol. The van der Waals surface area contributed by atoms with E-state index in [2.05, 4.69) is 16.9 Å². The number of fused-ring (bicyclic) bond motifs is 1. The minimum Gasteiger partial charge on any atom is -0.340 e. The lowest BCUT2D eigenvalue weighted by molar-refractivity contribution is 0.0710. The second-order valence-corrected chi connectivity index (χ2v) is 9.22. The van der Waals surface area contributed by atoms with Crippen molar-refractivity contribution in [3.8, 4) is 11.1 Å². The normalized spacial score (nSPS) is 18.3. The average molecular weight is 463 g/mol. The quantitative estimate of drug-likeness (QED) is 0.391. The van der Waals surface area contributed by atoms with Crippen LogP contribution in [-0.2, 0) is 0 Å². The Hall–Kier alpha value is -3.25. The van der Waals surface area contributed by atoms with E-state index in [1.165, 1.54) is 0 Å². The number of carbonyl (C=O) groups excluding carboxylic acids is 1. The van der Waals surface area contributed by atoms with Gasteiger partial charge in [-0.25, -0.2) is 9.37 Å². The Morgan fingerprint density at radius 2 is 2.03 bits per heavy atom. The van der Waals surface area contributed by atoms with Crippen LogP contribution in [0.1, 0.15) is 46.7 Å². The molecule has 4 aromatic rings. The van der Waals surface area contributed by atoms with E-state index in [0.717, 1.165) is 23.0 Å².